The minimum Gasteiger partial charge on any atom is -0.493 e. The number of nitrogens with one attached hydrogen (secondary N) is 1. The molecule has 5 heteroatoms. The van der Waals surface area contributed by atoms with Crippen molar-refractivity contribution in [3.63, 3.8) is 0 Å². The fourth-order valence-corrected chi connectivity index (χ4v) is 2.66. The number of nitrogens with zero attached hydrogens (tertiary/aromatic N) is 2. The Hall–Kier alpha value is -2.33. The van der Waals surface area contributed by atoms with Crippen molar-refractivity contribution in [1.82, 2.24) is 9.97 Å². The third-order valence-corrected chi connectivity index (χ3v) is 4.64. The topological polar surface area (TPSA) is 47.0 Å². The molecule has 1 saturated carbocycles. The summed E-state index contributed by atoms with van der Waals surface area (Å²) in [6.07, 6.45) is 6.00. The average molecular weight is 340 g/mol. The van der Waals surface area contributed by atoms with E-state index < -0.39 is 0 Å². The third kappa shape index (κ3) is 3.29. The van der Waals surface area contributed by atoms with Crippen LogP contribution in [0, 0.1) is 5.41 Å². The van der Waals surface area contributed by atoms with Crippen molar-refractivity contribution in [3.8, 4) is 5.75 Å². The van der Waals surface area contributed by atoms with Gasteiger partial charge < -0.3 is 10.1 Å². The highest BCUT2D eigenvalue weighted by Crippen LogP contribution is 2.45. The Labute approximate surface area is 145 Å². The molecule has 0 saturated heterocycles. The summed E-state index contributed by atoms with van der Waals surface area (Å²) in [5, 5.41) is 5.89. The van der Waals surface area contributed by atoms with E-state index in [1.165, 1.54) is 12.8 Å². The third-order valence-electron chi connectivity index (χ3n) is 4.42. The molecule has 122 valence electrons. The van der Waals surface area contributed by atoms with E-state index in [9.17, 15) is 0 Å². The van der Waals surface area contributed by atoms with Gasteiger partial charge in [0.05, 0.1) is 18.5 Å². The van der Waals surface area contributed by atoms with E-state index in [0.29, 0.717) is 10.6 Å². The largest absolute Gasteiger partial charge is 0.493 e. The molecule has 0 atom stereocenters. The molecule has 0 unspecified atom stereocenters. The molecule has 1 aliphatic rings. The van der Waals surface area contributed by atoms with E-state index in [1.807, 2.05) is 24.3 Å². The molecule has 4 rings (SSSR count). The fraction of sp³-hybridized carbons (Fsp3) is 0.263. The monoisotopic (exact) mass is 339 g/mol. The van der Waals surface area contributed by atoms with Gasteiger partial charge in [-0.2, -0.15) is 0 Å². The first kappa shape index (κ1) is 15.2. The molecule has 24 heavy (non-hydrogen) atoms. The molecule has 4 nitrogen and oxygen atoms in total. The van der Waals surface area contributed by atoms with Crippen LogP contribution in [0.2, 0.25) is 5.15 Å². The van der Waals surface area contributed by atoms with E-state index in [-0.39, 0.29) is 0 Å². The van der Waals surface area contributed by atoms with Crippen LogP contribution in [0.1, 0.15) is 19.8 Å². The molecule has 2 aromatic heterocycles. The smallest absolute Gasteiger partial charge is 0.138 e. The number of anilines is 2. The molecular weight excluding hydrogens is 322 g/mol. The Bertz CT molecular complexity index is 875. The van der Waals surface area contributed by atoms with Crippen molar-refractivity contribution in [2.24, 2.45) is 5.41 Å². The van der Waals surface area contributed by atoms with Crippen LogP contribution in [0.4, 0.5) is 11.5 Å². The molecule has 1 fully saturated rings. The lowest BCUT2D eigenvalue weighted by molar-refractivity contribution is 0.248. The summed E-state index contributed by atoms with van der Waals surface area (Å²) in [5.74, 6) is 1.69. The number of halogens is 1. The second kappa shape index (κ2) is 5.95. The summed E-state index contributed by atoms with van der Waals surface area (Å²) >= 11 is 5.82. The van der Waals surface area contributed by atoms with Gasteiger partial charge in [0, 0.05) is 17.0 Å². The fourth-order valence-electron chi connectivity index (χ4n) is 2.55. The summed E-state index contributed by atoms with van der Waals surface area (Å²) in [6, 6.07) is 11.7. The van der Waals surface area contributed by atoms with Crippen molar-refractivity contribution in [1.29, 1.82) is 0 Å². The van der Waals surface area contributed by atoms with Crippen molar-refractivity contribution in [2.75, 3.05) is 11.9 Å². The second-order valence-electron chi connectivity index (χ2n) is 6.64. The lowest BCUT2D eigenvalue weighted by Gasteiger charge is -2.13. The summed E-state index contributed by atoms with van der Waals surface area (Å²) in [5.41, 5.74) is 1.22. The van der Waals surface area contributed by atoms with Crippen LogP contribution < -0.4 is 10.1 Å². The minimum atomic E-state index is 0.376. The maximum Gasteiger partial charge on any atom is 0.138 e. The Morgan fingerprint density at radius 2 is 2.04 bits per heavy atom. The molecule has 0 aliphatic heterocycles. The van der Waals surface area contributed by atoms with Gasteiger partial charge in [0.2, 0.25) is 0 Å². The number of benzene rings is 1. The van der Waals surface area contributed by atoms with Gasteiger partial charge in [-0.25, -0.2) is 9.97 Å². The molecule has 1 aromatic carbocycles. The molecular formula is C19H18ClN3O. The molecule has 0 radical (unpaired) electrons. The van der Waals surface area contributed by atoms with Crippen molar-refractivity contribution in [2.45, 2.75) is 19.8 Å². The van der Waals surface area contributed by atoms with E-state index >= 15 is 0 Å². The zero-order valence-corrected chi connectivity index (χ0v) is 14.2. The van der Waals surface area contributed by atoms with Crippen molar-refractivity contribution in [3.05, 3.63) is 53.9 Å². The van der Waals surface area contributed by atoms with Gasteiger partial charge in [-0.1, -0.05) is 18.5 Å². The van der Waals surface area contributed by atoms with Gasteiger partial charge in [0.25, 0.3) is 0 Å². The summed E-state index contributed by atoms with van der Waals surface area (Å²) in [6.45, 7) is 3.05. The van der Waals surface area contributed by atoms with Gasteiger partial charge in [0.15, 0.2) is 0 Å². The van der Waals surface area contributed by atoms with Crippen LogP contribution in [-0.4, -0.2) is 16.6 Å². The van der Waals surface area contributed by atoms with Crippen LogP contribution in [0.25, 0.3) is 10.8 Å². The van der Waals surface area contributed by atoms with E-state index in [4.69, 9.17) is 16.3 Å². The quantitative estimate of drug-likeness (QED) is 0.648. The van der Waals surface area contributed by atoms with Crippen LogP contribution in [0.5, 0.6) is 5.75 Å². The van der Waals surface area contributed by atoms with Gasteiger partial charge in [0.1, 0.15) is 16.7 Å². The van der Waals surface area contributed by atoms with E-state index in [2.05, 4.69) is 28.3 Å². The van der Waals surface area contributed by atoms with Crippen molar-refractivity contribution >= 4 is 33.9 Å². The lowest BCUT2D eigenvalue weighted by atomic mass is 10.1. The molecule has 0 bridgehead atoms. The number of aromatic nitrogens is 2. The number of fused-ring (bicyclic) bond motifs is 1. The van der Waals surface area contributed by atoms with Crippen LogP contribution >= 0.6 is 11.6 Å². The van der Waals surface area contributed by atoms with E-state index in [0.717, 1.165) is 34.6 Å². The van der Waals surface area contributed by atoms with Gasteiger partial charge in [-0.05, 0) is 54.6 Å². The zero-order chi connectivity index (χ0) is 16.6. The molecule has 2 heterocycles. The zero-order valence-electron chi connectivity index (χ0n) is 13.4. The van der Waals surface area contributed by atoms with Gasteiger partial charge >= 0.3 is 0 Å². The number of hydrogen-bond acceptors (Lipinski definition) is 4. The first-order valence-corrected chi connectivity index (χ1v) is 8.39. The Morgan fingerprint density at radius 3 is 2.79 bits per heavy atom. The number of ether oxygens (including phenoxy) is 1. The molecule has 1 N–H and O–H groups in total. The SMILES string of the molecule is CC1(COc2ccc3c(Nc4ccc(Cl)nc4)nccc3c2)CC1. The Balaban J connectivity index is 1.58. The van der Waals surface area contributed by atoms with Gasteiger partial charge in [-0.15, -0.1) is 0 Å². The molecule has 1 aliphatic carbocycles. The maximum absolute atomic E-state index is 5.95. The minimum absolute atomic E-state index is 0.376. The number of pyridine rings is 2. The normalized spacial score (nSPS) is 15.2. The second-order valence-corrected chi connectivity index (χ2v) is 7.02. The number of rotatable bonds is 5. The summed E-state index contributed by atoms with van der Waals surface area (Å²) in [7, 11) is 0. The summed E-state index contributed by atoms with van der Waals surface area (Å²) in [4.78, 5) is 8.51. The predicted molar refractivity (Wildman–Crippen MR) is 97.1 cm³/mol. The van der Waals surface area contributed by atoms with Crippen molar-refractivity contribution < 1.29 is 4.74 Å². The summed E-state index contributed by atoms with van der Waals surface area (Å²) < 4.78 is 5.95. The first-order valence-electron chi connectivity index (χ1n) is 8.02. The highest BCUT2D eigenvalue weighted by molar-refractivity contribution is 6.29. The maximum atomic E-state index is 5.95. The van der Waals surface area contributed by atoms with Crippen LogP contribution in [0.3, 0.4) is 0 Å². The van der Waals surface area contributed by atoms with Crippen LogP contribution in [-0.2, 0) is 0 Å². The average Bonchev–Trinajstić information content (AvgIpc) is 3.33. The van der Waals surface area contributed by atoms with E-state index in [1.54, 1.807) is 18.5 Å². The predicted octanol–water partition coefficient (Wildman–Crippen LogP) is 5.21. The molecule has 3 aromatic rings. The lowest BCUT2D eigenvalue weighted by Crippen LogP contribution is -2.08. The highest BCUT2D eigenvalue weighted by atomic mass is 35.5. The molecule has 0 spiro atoms. The molecule has 0 amide bonds. The Kier molecular flexibility index (Phi) is 3.77. The van der Waals surface area contributed by atoms with Gasteiger partial charge in [-0.3, -0.25) is 0 Å². The highest BCUT2D eigenvalue weighted by Gasteiger charge is 2.38. The van der Waals surface area contributed by atoms with Crippen LogP contribution in [0.15, 0.2) is 48.8 Å². The first-order chi connectivity index (χ1) is 11.6. The standard InChI is InChI=1S/C19H18ClN3O/c1-19(7-8-19)12-24-15-3-4-16-13(10-15)6-9-21-18(16)23-14-2-5-17(20)22-11-14/h2-6,9-11H,7-8,12H2,1H3,(H,21,23). The Morgan fingerprint density at radius 1 is 1.17 bits per heavy atom. The number of hydrogen-bond donors (Lipinski definition) is 1.